The molecule has 5 heteroatoms. The summed E-state index contributed by atoms with van der Waals surface area (Å²) in [5, 5.41) is 3.51. The van der Waals surface area contributed by atoms with Gasteiger partial charge in [-0.15, -0.1) is 0 Å². The van der Waals surface area contributed by atoms with Gasteiger partial charge < -0.3 is 10.1 Å². The number of para-hydroxylation sites is 1. The summed E-state index contributed by atoms with van der Waals surface area (Å²) in [5.41, 5.74) is 3.65. The van der Waals surface area contributed by atoms with Crippen LogP contribution in [-0.2, 0) is 14.3 Å². The van der Waals surface area contributed by atoms with Gasteiger partial charge in [0.25, 0.3) is 5.91 Å². The number of aryl methyl sites for hydroxylation is 1. The van der Waals surface area contributed by atoms with Crippen molar-refractivity contribution in [3.63, 3.8) is 0 Å². The predicted molar refractivity (Wildman–Crippen MR) is 114 cm³/mol. The summed E-state index contributed by atoms with van der Waals surface area (Å²) in [4.78, 5) is 25.0. The molecule has 1 amide bonds. The number of ether oxygens (including phenoxy) is 1. The van der Waals surface area contributed by atoms with Crippen molar-refractivity contribution in [3.05, 3.63) is 64.2 Å². The van der Waals surface area contributed by atoms with Gasteiger partial charge in [-0.25, -0.2) is 0 Å². The van der Waals surface area contributed by atoms with Crippen LogP contribution in [0.2, 0.25) is 5.02 Å². The fourth-order valence-electron chi connectivity index (χ4n) is 3.21. The Kier molecular flexibility index (Phi) is 7.64. The smallest absolute Gasteiger partial charge is 0.314 e. The molecule has 0 spiro atoms. The van der Waals surface area contributed by atoms with Gasteiger partial charge in [0.15, 0.2) is 6.61 Å². The first-order valence-electron chi connectivity index (χ1n) is 9.52. The fourth-order valence-corrected chi connectivity index (χ4v) is 3.33. The number of hydrogen-bond acceptors (Lipinski definition) is 3. The molecule has 2 aromatic rings. The van der Waals surface area contributed by atoms with Crippen molar-refractivity contribution in [2.45, 2.75) is 46.5 Å². The SMILES string of the molecule is Cc1cccc(C(C)C)c1NC(=O)COC(=O)[C@H](c1ccc(Cl)cc1)C(C)C. The largest absolute Gasteiger partial charge is 0.455 e. The highest BCUT2D eigenvalue weighted by Gasteiger charge is 2.26. The summed E-state index contributed by atoms with van der Waals surface area (Å²) in [5.74, 6) is -0.909. The van der Waals surface area contributed by atoms with Crippen molar-refractivity contribution in [1.29, 1.82) is 0 Å². The number of halogens is 1. The highest BCUT2D eigenvalue weighted by molar-refractivity contribution is 6.30. The Bertz CT molecular complexity index is 828. The average Bonchev–Trinajstić information content (AvgIpc) is 2.63. The van der Waals surface area contributed by atoms with Gasteiger partial charge in [-0.3, -0.25) is 9.59 Å². The van der Waals surface area contributed by atoms with Crippen molar-refractivity contribution in [3.8, 4) is 0 Å². The van der Waals surface area contributed by atoms with Crippen LogP contribution in [0.1, 0.15) is 56.2 Å². The Morgan fingerprint density at radius 3 is 2.25 bits per heavy atom. The Morgan fingerprint density at radius 1 is 1.04 bits per heavy atom. The predicted octanol–water partition coefficient (Wildman–Crippen LogP) is 5.69. The molecule has 0 aliphatic heterocycles. The molecule has 0 aromatic heterocycles. The second-order valence-corrected chi connectivity index (χ2v) is 8.06. The minimum absolute atomic E-state index is 0.0284. The van der Waals surface area contributed by atoms with E-state index in [2.05, 4.69) is 19.2 Å². The Hall–Kier alpha value is -2.33. The van der Waals surface area contributed by atoms with Crippen molar-refractivity contribution in [2.75, 3.05) is 11.9 Å². The molecule has 2 rings (SSSR count). The number of esters is 1. The zero-order valence-corrected chi connectivity index (χ0v) is 17.8. The van der Waals surface area contributed by atoms with E-state index in [-0.39, 0.29) is 24.3 Å². The number of carbonyl (C=O) groups is 2. The molecule has 4 nitrogen and oxygen atoms in total. The summed E-state index contributed by atoms with van der Waals surface area (Å²) in [7, 11) is 0. The lowest BCUT2D eigenvalue weighted by atomic mass is 9.88. The van der Waals surface area contributed by atoms with E-state index in [4.69, 9.17) is 16.3 Å². The maximum Gasteiger partial charge on any atom is 0.314 e. The van der Waals surface area contributed by atoms with Gasteiger partial charge >= 0.3 is 5.97 Å². The molecule has 0 unspecified atom stereocenters. The molecule has 0 aliphatic carbocycles. The lowest BCUT2D eigenvalue weighted by Gasteiger charge is -2.20. The molecule has 0 bridgehead atoms. The number of anilines is 1. The zero-order chi connectivity index (χ0) is 20.8. The van der Waals surface area contributed by atoms with E-state index in [0.29, 0.717) is 5.02 Å². The first kappa shape index (κ1) is 22.0. The molecule has 0 fully saturated rings. The molecule has 28 heavy (non-hydrogen) atoms. The van der Waals surface area contributed by atoms with Gasteiger partial charge in [-0.05, 0) is 47.6 Å². The van der Waals surface area contributed by atoms with Crippen LogP contribution in [0.3, 0.4) is 0 Å². The topological polar surface area (TPSA) is 55.4 Å². The first-order chi connectivity index (χ1) is 13.2. The Balaban J connectivity index is 2.05. The van der Waals surface area contributed by atoms with Gasteiger partial charge in [0.2, 0.25) is 0 Å². The van der Waals surface area contributed by atoms with Crippen LogP contribution in [0.5, 0.6) is 0 Å². The van der Waals surface area contributed by atoms with Gasteiger partial charge in [0.05, 0.1) is 5.92 Å². The number of carbonyl (C=O) groups excluding carboxylic acids is 2. The van der Waals surface area contributed by atoms with Gasteiger partial charge in [-0.2, -0.15) is 0 Å². The molecular weight excluding hydrogens is 374 g/mol. The number of hydrogen-bond donors (Lipinski definition) is 1. The molecule has 0 saturated carbocycles. The summed E-state index contributed by atoms with van der Waals surface area (Å²) in [6, 6.07) is 13.0. The van der Waals surface area contributed by atoms with Crippen molar-refractivity contribution < 1.29 is 14.3 Å². The lowest BCUT2D eigenvalue weighted by molar-refractivity contribution is -0.149. The summed E-state index contributed by atoms with van der Waals surface area (Å²) >= 11 is 5.93. The molecule has 2 aromatic carbocycles. The molecule has 150 valence electrons. The normalized spacial score (nSPS) is 12.1. The van der Waals surface area contributed by atoms with E-state index in [1.54, 1.807) is 12.1 Å². The number of benzene rings is 2. The number of rotatable bonds is 7. The minimum atomic E-state index is -0.449. The molecule has 1 N–H and O–H groups in total. The van der Waals surface area contributed by atoms with Crippen LogP contribution in [-0.4, -0.2) is 18.5 Å². The maximum atomic E-state index is 12.6. The Morgan fingerprint density at radius 2 is 1.68 bits per heavy atom. The molecule has 0 saturated heterocycles. The minimum Gasteiger partial charge on any atom is -0.455 e. The lowest BCUT2D eigenvalue weighted by Crippen LogP contribution is -2.26. The zero-order valence-electron chi connectivity index (χ0n) is 17.1. The number of nitrogens with one attached hydrogen (secondary N) is 1. The van der Waals surface area contributed by atoms with E-state index in [9.17, 15) is 9.59 Å². The fraction of sp³-hybridized carbons (Fsp3) is 0.391. The van der Waals surface area contributed by atoms with Gasteiger partial charge in [-0.1, -0.05) is 69.6 Å². The van der Waals surface area contributed by atoms with Crippen LogP contribution in [0.15, 0.2) is 42.5 Å². The molecule has 1 atom stereocenters. The highest BCUT2D eigenvalue weighted by atomic mass is 35.5. The monoisotopic (exact) mass is 401 g/mol. The summed E-state index contributed by atoms with van der Waals surface area (Å²) in [6.45, 7) is 9.67. The van der Waals surface area contributed by atoms with E-state index >= 15 is 0 Å². The molecule has 0 heterocycles. The second-order valence-electron chi connectivity index (χ2n) is 7.62. The second kappa shape index (κ2) is 9.74. The summed E-state index contributed by atoms with van der Waals surface area (Å²) < 4.78 is 5.34. The third-order valence-corrected chi connectivity index (χ3v) is 4.94. The first-order valence-corrected chi connectivity index (χ1v) is 9.90. The molecule has 0 radical (unpaired) electrons. The van der Waals surface area contributed by atoms with Crippen LogP contribution in [0, 0.1) is 12.8 Å². The molecule has 0 aliphatic rings. The van der Waals surface area contributed by atoms with Crippen molar-refractivity contribution in [1.82, 2.24) is 0 Å². The van der Waals surface area contributed by atoms with Crippen molar-refractivity contribution in [2.24, 2.45) is 5.92 Å². The van der Waals surface area contributed by atoms with E-state index in [1.807, 2.05) is 51.1 Å². The van der Waals surface area contributed by atoms with Gasteiger partial charge in [0, 0.05) is 10.7 Å². The van der Waals surface area contributed by atoms with Crippen molar-refractivity contribution >= 4 is 29.2 Å². The van der Waals surface area contributed by atoms with E-state index < -0.39 is 11.9 Å². The molecular formula is C23H28ClNO3. The van der Waals surface area contributed by atoms with E-state index in [1.165, 1.54) is 0 Å². The van der Waals surface area contributed by atoms with Crippen LogP contribution >= 0.6 is 11.6 Å². The third-order valence-electron chi connectivity index (χ3n) is 4.69. The van der Waals surface area contributed by atoms with Crippen LogP contribution in [0.25, 0.3) is 0 Å². The average molecular weight is 402 g/mol. The third kappa shape index (κ3) is 5.59. The quantitative estimate of drug-likeness (QED) is 0.606. The standard InChI is InChI=1S/C23H28ClNO3/c1-14(2)19-8-6-7-16(5)22(19)25-20(26)13-28-23(27)21(15(3)4)17-9-11-18(24)12-10-17/h6-12,14-15,21H,13H2,1-5H3,(H,25,26)/t21-/m0/s1. The van der Waals surface area contributed by atoms with Crippen LogP contribution in [0.4, 0.5) is 5.69 Å². The van der Waals surface area contributed by atoms with E-state index in [0.717, 1.165) is 22.4 Å². The Labute approximate surface area is 172 Å². The maximum absolute atomic E-state index is 12.6. The highest BCUT2D eigenvalue weighted by Crippen LogP contribution is 2.28. The van der Waals surface area contributed by atoms with Crippen LogP contribution < -0.4 is 5.32 Å². The summed E-state index contributed by atoms with van der Waals surface area (Å²) in [6.07, 6.45) is 0. The number of amides is 1. The van der Waals surface area contributed by atoms with Gasteiger partial charge in [0.1, 0.15) is 0 Å².